The van der Waals surface area contributed by atoms with Crippen molar-refractivity contribution in [3.63, 3.8) is 0 Å². The SMILES string of the molecule is Cc1ccc(-c2noc(CCCN3CCN(S(=O)(=O)c4cn(C)c(C)n4)CC3)n2)cc1. The van der Waals surface area contributed by atoms with Crippen molar-refractivity contribution in [3.8, 4) is 11.4 Å². The molecule has 2 aromatic heterocycles. The van der Waals surface area contributed by atoms with E-state index in [0.717, 1.165) is 18.5 Å². The monoisotopic (exact) mass is 444 g/mol. The van der Waals surface area contributed by atoms with Crippen LogP contribution in [0.15, 0.2) is 40.0 Å². The molecule has 0 unspecified atom stereocenters. The van der Waals surface area contributed by atoms with Gasteiger partial charge in [0, 0.05) is 51.4 Å². The van der Waals surface area contributed by atoms with Gasteiger partial charge in [-0.05, 0) is 26.8 Å². The van der Waals surface area contributed by atoms with Crippen LogP contribution in [0, 0.1) is 13.8 Å². The summed E-state index contributed by atoms with van der Waals surface area (Å²) < 4.78 is 34.2. The minimum Gasteiger partial charge on any atom is -0.339 e. The lowest BCUT2D eigenvalue weighted by molar-refractivity contribution is 0.185. The van der Waals surface area contributed by atoms with Gasteiger partial charge in [-0.2, -0.15) is 9.29 Å². The average Bonchev–Trinajstić information content (AvgIpc) is 3.36. The summed E-state index contributed by atoms with van der Waals surface area (Å²) >= 11 is 0. The van der Waals surface area contributed by atoms with Crippen LogP contribution in [0.25, 0.3) is 11.4 Å². The maximum atomic E-state index is 12.8. The lowest BCUT2D eigenvalue weighted by Crippen LogP contribution is -2.48. The fourth-order valence-corrected chi connectivity index (χ4v) is 5.05. The molecule has 1 aliphatic rings. The number of hydrogen-bond donors (Lipinski definition) is 0. The summed E-state index contributed by atoms with van der Waals surface area (Å²) in [5, 5.41) is 4.20. The van der Waals surface area contributed by atoms with E-state index in [0.29, 0.717) is 50.1 Å². The molecule has 3 aromatic rings. The van der Waals surface area contributed by atoms with Crippen LogP contribution in [0.5, 0.6) is 0 Å². The molecule has 0 N–H and O–H groups in total. The van der Waals surface area contributed by atoms with E-state index in [1.807, 2.05) is 31.2 Å². The number of sulfonamides is 1. The van der Waals surface area contributed by atoms with Gasteiger partial charge < -0.3 is 14.0 Å². The van der Waals surface area contributed by atoms with E-state index >= 15 is 0 Å². The largest absolute Gasteiger partial charge is 0.339 e. The first kappa shape index (κ1) is 21.7. The Kier molecular flexibility index (Phi) is 6.22. The van der Waals surface area contributed by atoms with Crippen molar-refractivity contribution in [1.82, 2.24) is 28.9 Å². The van der Waals surface area contributed by atoms with Gasteiger partial charge in [-0.15, -0.1) is 0 Å². The standard InChI is InChI=1S/C21H28N6O3S/c1-16-6-8-18(9-7-16)21-23-19(30-24-21)5-4-10-26-11-13-27(14-12-26)31(28,29)20-15-25(3)17(2)22-20/h6-9,15H,4-5,10-14H2,1-3H3. The van der Waals surface area contributed by atoms with Crippen LogP contribution < -0.4 is 0 Å². The first-order valence-electron chi connectivity index (χ1n) is 10.4. The van der Waals surface area contributed by atoms with Crippen LogP contribution in [0.3, 0.4) is 0 Å². The first-order chi connectivity index (χ1) is 14.8. The molecule has 10 heteroatoms. The van der Waals surface area contributed by atoms with Gasteiger partial charge in [-0.25, -0.2) is 13.4 Å². The van der Waals surface area contributed by atoms with E-state index in [4.69, 9.17) is 4.52 Å². The minimum atomic E-state index is -3.54. The molecule has 4 rings (SSSR count). The van der Waals surface area contributed by atoms with Crippen molar-refractivity contribution in [2.45, 2.75) is 31.7 Å². The summed E-state index contributed by atoms with van der Waals surface area (Å²) in [6.45, 7) is 7.03. The number of piperazine rings is 1. The quantitative estimate of drug-likeness (QED) is 0.550. The zero-order valence-corrected chi connectivity index (χ0v) is 19.0. The van der Waals surface area contributed by atoms with E-state index < -0.39 is 10.0 Å². The lowest BCUT2D eigenvalue weighted by Gasteiger charge is -2.33. The number of aryl methyl sites for hydroxylation is 4. The Morgan fingerprint density at radius 2 is 1.74 bits per heavy atom. The second-order valence-electron chi connectivity index (χ2n) is 7.96. The highest BCUT2D eigenvalue weighted by Crippen LogP contribution is 2.18. The van der Waals surface area contributed by atoms with E-state index in [9.17, 15) is 8.42 Å². The normalized spacial score (nSPS) is 16.1. The zero-order chi connectivity index (χ0) is 22.0. The zero-order valence-electron chi connectivity index (χ0n) is 18.2. The van der Waals surface area contributed by atoms with Gasteiger partial charge in [0.15, 0.2) is 5.03 Å². The fourth-order valence-electron chi connectivity index (χ4n) is 3.61. The fraction of sp³-hybridized carbons (Fsp3) is 0.476. The Morgan fingerprint density at radius 1 is 1.03 bits per heavy atom. The highest BCUT2D eigenvalue weighted by Gasteiger charge is 2.30. The number of hydrogen-bond acceptors (Lipinski definition) is 7. The molecule has 3 heterocycles. The molecular weight excluding hydrogens is 416 g/mol. The summed E-state index contributed by atoms with van der Waals surface area (Å²) in [4.78, 5) is 10.9. The molecule has 31 heavy (non-hydrogen) atoms. The van der Waals surface area contributed by atoms with Crippen molar-refractivity contribution < 1.29 is 12.9 Å². The molecule has 0 atom stereocenters. The van der Waals surface area contributed by atoms with Crippen molar-refractivity contribution in [2.24, 2.45) is 7.05 Å². The third-order valence-corrected chi connectivity index (χ3v) is 7.44. The Balaban J connectivity index is 1.25. The number of nitrogens with zero attached hydrogens (tertiary/aromatic N) is 6. The van der Waals surface area contributed by atoms with Gasteiger partial charge in [-0.1, -0.05) is 35.0 Å². The van der Waals surface area contributed by atoms with Gasteiger partial charge >= 0.3 is 0 Å². The van der Waals surface area contributed by atoms with Crippen molar-refractivity contribution in [2.75, 3.05) is 32.7 Å². The van der Waals surface area contributed by atoms with Crippen molar-refractivity contribution in [1.29, 1.82) is 0 Å². The topological polar surface area (TPSA) is 97.4 Å². The molecule has 0 aliphatic carbocycles. The number of imidazole rings is 1. The Hall–Kier alpha value is -2.56. The predicted octanol–water partition coefficient (Wildman–Crippen LogP) is 2.03. The van der Waals surface area contributed by atoms with E-state index in [-0.39, 0.29) is 5.03 Å². The van der Waals surface area contributed by atoms with Gasteiger partial charge in [0.1, 0.15) is 5.82 Å². The molecule has 166 valence electrons. The first-order valence-corrected chi connectivity index (χ1v) is 11.9. The Morgan fingerprint density at radius 3 is 2.39 bits per heavy atom. The van der Waals surface area contributed by atoms with E-state index in [1.165, 1.54) is 9.87 Å². The summed E-state index contributed by atoms with van der Waals surface area (Å²) in [6.07, 6.45) is 3.15. The molecular formula is C21H28N6O3S. The predicted molar refractivity (Wildman–Crippen MR) is 116 cm³/mol. The average molecular weight is 445 g/mol. The van der Waals surface area contributed by atoms with Crippen molar-refractivity contribution in [3.05, 3.63) is 47.7 Å². The van der Waals surface area contributed by atoms with Gasteiger partial charge in [0.2, 0.25) is 11.7 Å². The third kappa shape index (κ3) is 4.86. The number of benzene rings is 1. The minimum absolute atomic E-state index is 0.127. The Bertz CT molecular complexity index is 1110. The van der Waals surface area contributed by atoms with Gasteiger partial charge in [-0.3, -0.25) is 0 Å². The van der Waals surface area contributed by atoms with Gasteiger partial charge in [0.25, 0.3) is 10.0 Å². The second-order valence-corrected chi connectivity index (χ2v) is 9.85. The Labute approximate surface area is 182 Å². The molecule has 1 saturated heterocycles. The highest BCUT2D eigenvalue weighted by molar-refractivity contribution is 7.89. The maximum absolute atomic E-state index is 12.8. The molecule has 1 aliphatic heterocycles. The number of rotatable bonds is 7. The highest BCUT2D eigenvalue weighted by atomic mass is 32.2. The summed E-state index contributed by atoms with van der Waals surface area (Å²) in [6, 6.07) is 8.04. The van der Waals surface area contributed by atoms with E-state index in [1.54, 1.807) is 24.7 Å². The molecule has 1 fully saturated rings. The summed E-state index contributed by atoms with van der Waals surface area (Å²) in [7, 11) is -1.74. The van der Waals surface area contributed by atoms with Gasteiger partial charge in [0.05, 0.1) is 0 Å². The molecule has 0 spiro atoms. The summed E-state index contributed by atoms with van der Waals surface area (Å²) in [5.41, 5.74) is 2.14. The van der Waals surface area contributed by atoms with Crippen molar-refractivity contribution >= 4 is 10.0 Å². The molecule has 0 amide bonds. The summed E-state index contributed by atoms with van der Waals surface area (Å²) in [5.74, 6) is 1.92. The van der Waals surface area contributed by atoms with E-state index in [2.05, 4.69) is 20.0 Å². The van der Waals surface area contributed by atoms with Crippen LogP contribution in [0.4, 0.5) is 0 Å². The lowest BCUT2D eigenvalue weighted by atomic mass is 10.1. The molecule has 9 nitrogen and oxygen atoms in total. The van der Waals surface area contributed by atoms with Crippen LogP contribution >= 0.6 is 0 Å². The molecule has 1 aromatic carbocycles. The van der Waals surface area contributed by atoms with Crippen LogP contribution in [0.2, 0.25) is 0 Å². The van der Waals surface area contributed by atoms with Crippen LogP contribution in [-0.4, -0.2) is 70.0 Å². The van der Waals surface area contributed by atoms with Crippen LogP contribution in [-0.2, 0) is 23.5 Å². The molecule has 0 bridgehead atoms. The number of aromatic nitrogens is 4. The maximum Gasteiger partial charge on any atom is 0.262 e. The molecule has 0 saturated carbocycles. The third-order valence-electron chi connectivity index (χ3n) is 5.66. The smallest absolute Gasteiger partial charge is 0.262 e. The second kappa shape index (κ2) is 8.89. The molecule has 0 radical (unpaired) electrons. The van der Waals surface area contributed by atoms with Crippen LogP contribution in [0.1, 0.15) is 23.7 Å².